The Morgan fingerprint density at radius 3 is 3.15 bits per heavy atom. The van der Waals surface area contributed by atoms with Crippen molar-refractivity contribution in [2.45, 2.75) is 44.6 Å². The highest BCUT2D eigenvalue weighted by Crippen LogP contribution is 2.17. The van der Waals surface area contributed by atoms with Gasteiger partial charge in [0.1, 0.15) is 5.78 Å². The van der Waals surface area contributed by atoms with Crippen molar-refractivity contribution in [3.63, 3.8) is 0 Å². The van der Waals surface area contributed by atoms with E-state index in [2.05, 4.69) is 6.58 Å². The SMILES string of the molecule is C=CCCCOC1CCCC(=O)C1. The van der Waals surface area contributed by atoms with E-state index in [0.717, 1.165) is 38.7 Å². The molecule has 13 heavy (non-hydrogen) atoms. The molecule has 0 heterocycles. The number of unbranched alkanes of at least 4 members (excludes halogenated alkanes) is 1. The molecule has 0 aromatic rings. The second-order valence-electron chi connectivity index (χ2n) is 3.56. The Hall–Kier alpha value is -0.630. The highest BCUT2D eigenvalue weighted by atomic mass is 16.5. The lowest BCUT2D eigenvalue weighted by atomic mass is 9.96. The van der Waals surface area contributed by atoms with Crippen LogP contribution in [-0.4, -0.2) is 18.5 Å². The standard InChI is InChI=1S/C11H18O2/c1-2-3-4-8-13-11-7-5-6-10(12)9-11/h2,11H,1,3-9H2. The zero-order valence-corrected chi connectivity index (χ0v) is 8.13. The van der Waals surface area contributed by atoms with Gasteiger partial charge in [0.15, 0.2) is 0 Å². The van der Waals surface area contributed by atoms with E-state index in [4.69, 9.17) is 4.74 Å². The number of ether oxygens (including phenoxy) is 1. The van der Waals surface area contributed by atoms with Crippen LogP contribution >= 0.6 is 0 Å². The molecule has 0 radical (unpaired) electrons. The summed E-state index contributed by atoms with van der Waals surface area (Å²) >= 11 is 0. The first-order chi connectivity index (χ1) is 6.33. The number of allylic oxidation sites excluding steroid dienone is 1. The van der Waals surface area contributed by atoms with Crippen molar-refractivity contribution in [1.29, 1.82) is 0 Å². The van der Waals surface area contributed by atoms with Crippen LogP contribution in [0.3, 0.4) is 0 Å². The first-order valence-electron chi connectivity index (χ1n) is 5.07. The molecule has 74 valence electrons. The number of Topliss-reactive ketones (excluding diaryl/α,β-unsaturated/α-hetero) is 1. The van der Waals surface area contributed by atoms with Crippen molar-refractivity contribution in [2.24, 2.45) is 0 Å². The van der Waals surface area contributed by atoms with Crippen molar-refractivity contribution in [1.82, 2.24) is 0 Å². The predicted molar refractivity (Wildman–Crippen MR) is 52.6 cm³/mol. The molecule has 1 fully saturated rings. The summed E-state index contributed by atoms with van der Waals surface area (Å²) in [5.41, 5.74) is 0. The van der Waals surface area contributed by atoms with Crippen LogP contribution in [0.4, 0.5) is 0 Å². The van der Waals surface area contributed by atoms with Gasteiger partial charge < -0.3 is 4.74 Å². The number of rotatable bonds is 5. The molecule has 1 aliphatic rings. The quantitative estimate of drug-likeness (QED) is 0.482. The Morgan fingerprint density at radius 2 is 2.46 bits per heavy atom. The third kappa shape index (κ3) is 4.23. The van der Waals surface area contributed by atoms with Gasteiger partial charge in [0.2, 0.25) is 0 Å². The fourth-order valence-corrected chi connectivity index (χ4v) is 1.60. The Labute approximate surface area is 80.0 Å². The Balaban J connectivity index is 2.06. The van der Waals surface area contributed by atoms with Gasteiger partial charge in [-0.2, -0.15) is 0 Å². The summed E-state index contributed by atoms with van der Waals surface area (Å²) in [4.78, 5) is 11.1. The molecule has 0 N–H and O–H groups in total. The molecule has 1 saturated carbocycles. The molecule has 0 aliphatic heterocycles. The van der Waals surface area contributed by atoms with Crippen LogP contribution in [0.25, 0.3) is 0 Å². The Kier molecular flexibility index (Phi) is 4.76. The summed E-state index contributed by atoms with van der Waals surface area (Å²) in [5, 5.41) is 0. The van der Waals surface area contributed by atoms with Crippen molar-refractivity contribution in [2.75, 3.05) is 6.61 Å². The van der Waals surface area contributed by atoms with Crippen molar-refractivity contribution in [3.8, 4) is 0 Å². The van der Waals surface area contributed by atoms with Gasteiger partial charge in [0.25, 0.3) is 0 Å². The molecular formula is C11H18O2. The van der Waals surface area contributed by atoms with Gasteiger partial charge in [-0.3, -0.25) is 4.79 Å². The van der Waals surface area contributed by atoms with Crippen LogP contribution in [0.1, 0.15) is 38.5 Å². The Bertz CT molecular complexity index is 175. The van der Waals surface area contributed by atoms with Crippen LogP contribution in [0.5, 0.6) is 0 Å². The van der Waals surface area contributed by atoms with Gasteiger partial charge in [-0.1, -0.05) is 6.08 Å². The first-order valence-corrected chi connectivity index (χ1v) is 5.07. The molecule has 0 saturated heterocycles. The molecule has 0 spiro atoms. The van der Waals surface area contributed by atoms with E-state index in [1.807, 2.05) is 6.08 Å². The van der Waals surface area contributed by atoms with Gasteiger partial charge in [-0.05, 0) is 25.7 Å². The summed E-state index contributed by atoms with van der Waals surface area (Å²) < 4.78 is 5.59. The van der Waals surface area contributed by atoms with Crippen LogP contribution in [-0.2, 0) is 9.53 Å². The van der Waals surface area contributed by atoms with Crippen LogP contribution in [0, 0.1) is 0 Å². The van der Waals surface area contributed by atoms with E-state index < -0.39 is 0 Å². The molecular weight excluding hydrogens is 164 g/mol. The monoisotopic (exact) mass is 182 g/mol. The molecule has 0 aromatic heterocycles. The second kappa shape index (κ2) is 5.92. The minimum Gasteiger partial charge on any atom is -0.378 e. The largest absolute Gasteiger partial charge is 0.378 e. The summed E-state index contributed by atoms with van der Waals surface area (Å²) in [6, 6.07) is 0. The molecule has 1 rings (SSSR count). The van der Waals surface area contributed by atoms with E-state index in [1.54, 1.807) is 0 Å². The molecule has 1 aliphatic carbocycles. The topological polar surface area (TPSA) is 26.3 Å². The predicted octanol–water partition coefficient (Wildman–Crippen LogP) is 2.48. The summed E-state index contributed by atoms with van der Waals surface area (Å²) in [7, 11) is 0. The van der Waals surface area contributed by atoms with E-state index >= 15 is 0 Å². The average Bonchev–Trinajstić information content (AvgIpc) is 2.13. The zero-order chi connectivity index (χ0) is 9.52. The lowest BCUT2D eigenvalue weighted by molar-refractivity contribution is -0.124. The second-order valence-corrected chi connectivity index (χ2v) is 3.56. The molecule has 0 aromatic carbocycles. The maximum Gasteiger partial charge on any atom is 0.135 e. The molecule has 0 amide bonds. The average molecular weight is 182 g/mol. The number of ketones is 1. The third-order valence-electron chi connectivity index (χ3n) is 2.34. The molecule has 2 heteroatoms. The van der Waals surface area contributed by atoms with Crippen molar-refractivity contribution in [3.05, 3.63) is 12.7 Å². The summed E-state index contributed by atoms with van der Waals surface area (Å²) in [5.74, 6) is 0.361. The highest BCUT2D eigenvalue weighted by molar-refractivity contribution is 5.79. The van der Waals surface area contributed by atoms with Crippen LogP contribution in [0.15, 0.2) is 12.7 Å². The van der Waals surface area contributed by atoms with Gasteiger partial charge in [0.05, 0.1) is 6.10 Å². The first kappa shape index (κ1) is 10.5. The minimum absolute atomic E-state index is 0.200. The van der Waals surface area contributed by atoms with Gasteiger partial charge in [0, 0.05) is 19.4 Å². The smallest absolute Gasteiger partial charge is 0.135 e. The number of hydrogen-bond donors (Lipinski definition) is 0. The summed E-state index contributed by atoms with van der Waals surface area (Å²) in [6.45, 7) is 4.42. The minimum atomic E-state index is 0.200. The lowest BCUT2D eigenvalue weighted by Gasteiger charge is -2.20. The maximum atomic E-state index is 11.1. The normalized spacial score (nSPS) is 23.1. The van der Waals surface area contributed by atoms with Gasteiger partial charge in [-0.15, -0.1) is 6.58 Å². The zero-order valence-electron chi connectivity index (χ0n) is 8.13. The van der Waals surface area contributed by atoms with Crippen molar-refractivity contribution < 1.29 is 9.53 Å². The molecule has 2 nitrogen and oxygen atoms in total. The third-order valence-corrected chi connectivity index (χ3v) is 2.34. The lowest BCUT2D eigenvalue weighted by Crippen LogP contribution is -2.23. The maximum absolute atomic E-state index is 11.1. The number of carbonyl (C=O) groups is 1. The number of hydrogen-bond acceptors (Lipinski definition) is 2. The van der Waals surface area contributed by atoms with E-state index in [1.165, 1.54) is 0 Å². The van der Waals surface area contributed by atoms with Crippen LogP contribution in [0.2, 0.25) is 0 Å². The van der Waals surface area contributed by atoms with Crippen LogP contribution < -0.4 is 0 Å². The van der Waals surface area contributed by atoms with Gasteiger partial charge in [-0.25, -0.2) is 0 Å². The van der Waals surface area contributed by atoms with E-state index in [-0.39, 0.29) is 6.10 Å². The molecule has 0 bridgehead atoms. The highest BCUT2D eigenvalue weighted by Gasteiger charge is 2.19. The van der Waals surface area contributed by atoms with Crippen molar-refractivity contribution >= 4 is 5.78 Å². The van der Waals surface area contributed by atoms with E-state index in [0.29, 0.717) is 12.2 Å². The van der Waals surface area contributed by atoms with Gasteiger partial charge >= 0.3 is 0 Å². The molecule has 1 unspecified atom stereocenters. The fraction of sp³-hybridized carbons (Fsp3) is 0.727. The molecule has 1 atom stereocenters. The van der Waals surface area contributed by atoms with E-state index in [9.17, 15) is 4.79 Å². The Morgan fingerprint density at radius 1 is 1.62 bits per heavy atom. The number of carbonyl (C=O) groups excluding carboxylic acids is 1. The summed E-state index contributed by atoms with van der Waals surface area (Å²) in [6.07, 6.45) is 7.57. The fourth-order valence-electron chi connectivity index (χ4n) is 1.60.